The first-order valence-electron chi connectivity index (χ1n) is 18.0. The van der Waals surface area contributed by atoms with Crippen LogP contribution in [0.4, 0.5) is 0 Å². The number of hydrogen-bond acceptors (Lipinski definition) is 2. The summed E-state index contributed by atoms with van der Waals surface area (Å²) in [4.78, 5) is 0. The quantitative estimate of drug-likeness (QED) is 0.188. The molecule has 0 unspecified atom stereocenters. The summed E-state index contributed by atoms with van der Waals surface area (Å²) in [6.07, 6.45) is 6.86. The third-order valence-corrected chi connectivity index (χ3v) is 11.2. The minimum atomic E-state index is 0.904. The van der Waals surface area contributed by atoms with Crippen LogP contribution in [0.15, 0.2) is 154 Å². The maximum absolute atomic E-state index is 6.54. The molecule has 4 aromatic heterocycles. The molecule has 11 aromatic rings. The fraction of sp³-hybridized carbons (Fsp3) is 0.0417. The Balaban J connectivity index is 1.07. The molecule has 0 radical (unpaired) electrons. The Labute approximate surface area is 297 Å². The second-order valence-corrected chi connectivity index (χ2v) is 13.9. The van der Waals surface area contributed by atoms with Crippen molar-refractivity contribution >= 4 is 88.7 Å². The summed E-state index contributed by atoms with van der Waals surface area (Å²) < 4.78 is 17.8. The molecule has 12 rings (SSSR count). The van der Waals surface area contributed by atoms with E-state index in [0.29, 0.717) is 0 Å². The van der Waals surface area contributed by atoms with Crippen molar-refractivity contribution in [2.45, 2.75) is 12.8 Å². The second kappa shape index (κ2) is 10.4. The van der Waals surface area contributed by atoms with Gasteiger partial charge in [-0.2, -0.15) is 0 Å². The van der Waals surface area contributed by atoms with E-state index in [1.165, 1.54) is 43.4 Å². The van der Waals surface area contributed by atoms with Gasteiger partial charge in [0.15, 0.2) is 11.2 Å². The van der Waals surface area contributed by atoms with Gasteiger partial charge in [0.25, 0.3) is 0 Å². The Bertz CT molecular complexity index is 3420. The summed E-state index contributed by atoms with van der Waals surface area (Å²) in [5.41, 5.74) is 11.7. The molecule has 1 aliphatic carbocycles. The first-order chi connectivity index (χ1) is 25.8. The third-order valence-electron chi connectivity index (χ3n) is 11.2. The van der Waals surface area contributed by atoms with Gasteiger partial charge in [0.2, 0.25) is 0 Å². The average Bonchev–Trinajstić information content (AvgIpc) is 3.95. The van der Waals surface area contributed by atoms with Gasteiger partial charge in [-0.15, -0.1) is 0 Å². The van der Waals surface area contributed by atoms with Crippen LogP contribution < -0.4 is 10.6 Å². The molecule has 7 aromatic carbocycles. The lowest BCUT2D eigenvalue weighted by atomic mass is 10.0. The summed E-state index contributed by atoms with van der Waals surface area (Å²) >= 11 is 0. The van der Waals surface area contributed by atoms with E-state index >= 15 is 0 Å². The molecular weight excluding hydrogens is 637 g/mol. The zero-order chi connectivity index (χ0) is 33.9. The number of rotatable bonds is 3. The van der Waals surface area contributed by atoms with E-state index in [1.54, 1.807) is 0 Å². The maximum atomic E-state index is 6.54. The van der Waals surface area contributed by atoms with E-state index in [9.17, 15) is 0 Å². The largest absolute Gasteiger partial charge is 0.454 e. The van der Waals surface area contributed by atoms with Gasteiger partial charge in [-0.05, 0) is 78.6 Å². The molecule has 0 atom stereocenters. The van der Waals surface area contributed by atoms with Gasteiger partial charge in [0.05, 0.1) is 27.9 Å². The van der Waals surface area contributed by atoms with Crippen LogP contribution in [0.1, 0.15) is 12.8 Å². The maximum Gasteiger partial charge on any atom is 0.159 e. The van der Waals surface area contributed by atoms with Gasteiger partial charge >= 0.3 is 0 Å². The van der Waals surface area contributed by atoms with Crippen LogP contribution in [-0.2, 0) is 0 Å². The molecule has 0 N–H and O–H groups in total. The molecule has 0 aliphatic heterocycles. The van der Waals surface area contributed by atoms with Crippen LogP contribution in [0.3, 0.4) is 0 Å². The lowest BCUT2D eigenvalue weighted by Gasteiger charge is -2.10. The van der Waals surface area contributed by atoms with Gasteiger partial charge < -0.3 is 18.0 Å². The lowest BCUT2D eigenvalue weighted by molar-refractivity contribution is 0.665. The van der Waals surface area contributed by atoms with Crippen LogP contribution in [0.25, 0.3) is 111 Å². The molecule has 1 aliphatic rings. The predicted molar refractivity (Wildman–Crippen MR) is 215 cm³/mol. The van der Waals surface area contributed by atoms with Crippen molar-refractivity contribution in [3.05, 3.63) is 156 Å². The van der Waals surface area contributed by atoms with Gasteiger partial charge in [-0.3, -0.25) is 0 Å². The number of hydrogen-bond donors (Lipinski definition) is 0. The second-order valence-electron chi connectivity index (χ2n) is 13.9. The zero-order valence-corrected chi connectivity index (χ0v) is 28.1. The van der Waals surface area contributed by atoms with Crippen LogP contribution in [0.5, 0.6) is 0 Å². The van der Waals surface area contributed by atoms with Crippen LogP contribution in [0, 0.1) is 0 Å². The minimum Gasteiger partial charge on any atom is -0.454 e. The monoisotopic (exact) mass is 666 g/mol. The van der Waals surface area contributed by atoms with Crippen molar-refractivity contribution < 1.29 is 8.83 Å². The molecule has 0 saturated heterocycles. The first-order valence-corrected chi connectivity index (χ1v) is 18.0. The van der Waals surface area contributed by atoms with E-state index in [1.807, 2.05) is 12.1 Å². The highest BCUT2D eigenvalue weighted by molar-refractivity contribution is 6.14. The Morgan fingerprint density at radius 1 is 0.385 bits per heavy atom. The molecule has 4 heterocycles. The van der Waals surface area contributed by atoms with Crippen molar-refractivity contribution in [3.8, 4) is 22.5 Å². The molecule has 52 heavy (non-hydrogen) atoms. The van der Waals surface area contributed by atoms with E-state index in [-0.39, 0.29) is 0 Å². The van der Waals surface area contributed by atoms with E-state index in [0.717, 1.165) is 79.1 Å². The number of nitrogens with zero attached hydrogens (tertiary/aromatic N) is 2. The Kier molecular flexibility index (Phi) is 5.58. The van der Waals surface area contributed by atoms with Crippen molar-refractivity contribution in [2.24, 2.45) is 0 Å². The fourth-order valence-electron chi connectivity index (χ4n) is 8.87. The van der Waals surface area contributed by atoms with Crippen molar-refractivity contribution in [3.63, 3.8) is 0 Å². The molecule has 244 valence electrons. The summed E-state index contributed by atoms with van der Waals surface area (Å²) in [6.45, 7) is 0. The normalized spacial score (nSPS) is 13.2. The molecule has 0 saturated carbocycles. The molecule has 4 nitrogen and oxygen atoms in total. The van der Waals surface area contributed by atoms with E-state index < -0.39 is 0 Å². The number of para-hydroxylation sites is 5. The molecule has 0 fully saturated rings. The highest BCUT2D eigenvalue weighted by Gasteiger charge is 2.20. The first kappa shape index (κ1) is 28.0. The molecule has 0 spiro atoms. The fourth-order valence-corrected chi connectivity index (χ4v) is 8.87. The highest BCUT2D eigenvalue weighted by Crippen LogP contribution is 2.40. The van der Waals surface area contributed by atoms with Crippen molar-refractivity contribution in [1.82, 2.24) is 9.13 Å². The predicted octanol–water partition coefficient (Wildman–Crippen LogP) is 11.5. The summed E-state index contributed by atoms with van der Waals surface area (Å²) in [6, 6.07) is 52.2. The Morgan fingerprint density at radius 2 is 0.904 bits per heavy atom. The summed E-state index contributed by atoms with van der Waals surface area (Å²) in [7, 11) is 0. The molecule has 4 heteroatoms. The van der Waals surface area contributed by atoms with Gasteiger partial charge in [0.1, 0.15) is 11.2 Å². The van der Waals surface area contributed by atoms with Crippen LogP contribution >= 0.6 is 0 Å². The number of furan rings is 2. The van der Waals surface area contributed by atoms with Crippen molar-refractivity contribution in [1.29, 1.82) is 0 Å². The van der Waals surface area contributed by atoms with Gasteiger partial charge in [-0.25, -0.2) is 0 Å². The van der Waals surface area contributed by atoms with Crippen LogP contribution in [-0.4, -0.2) is 9.13 Å². The van der Waals surface area contributed by atoms with Crippen LogP contribution in [0.2, 0.25) is 0 Å². The van der Waals surface area contributed by atoms with Gasteiger partial charge in [-0.1, -0.05) is 103 Å². The highest BCUT2D eigenvalue weighted by atomic mass is 16.3. The number of fused-ring (bicyclic) bond motifs is 12. The zero-order valence-electron chi connectivity index (χ0n) is 28.1. The van der Waals surface area contributed by atoms with Crippen molar-refractivity contribution in [2.75, 3.05) is 0 Å². The average molecular weight is 667 g/mol. The minimum absolute atomic E-state index is 0.904. The SMILES string of the molecule is C1=c2c(n(-c3cccc4c3oc3ccccc34)c3ccc(-c4ccc5c(c4)c4ccccc4n5-c4cccc5c4oc4ccccc45)cc23)=CCC1. The van der Waals surface area contributed by atoms with E-state index in [4.69, 9.17) is 8.83 Å². The standard InChI is InChI=1S/C48H30N2O2/c1-5-17-39-31(11-1)37-27-29(23-25-41(37)49(39)43-19-9-15-35-33-13-3-7-21-45(33)51-47(35)43)30-24-26-42-38(28-30)32-12-2-6-18-40(32)50(42)44-20-10-16-36-34-14-4-8-22-46(34)52-48(36)44/h1,3-5,7-28H,2,6H2. The summed E-state index contributed by atoms with van der Waals surface area (Å²) in [5, 5.41) is 10.8. The Hall–Kier alpha value is -6.78. The number of aromatic nitrogens is 2. The smallest absolute Gasteiger partial charge is 0.159 e. The molecule has 0 bridgehead atoms. The number of benzene rings is 7. The lowest BCUT2D eigenvalue weighted by Crippen LogP contribution is -2.30. The molecular formula is C48H30N2O2. The van der Waals surface area contributed by atoms with E-state index in [2.05, 4.69) is 155 Å². The van der Waals surface area contributed by atoms with Gasteiger partial charge in [0, 0.05) is 48.3 Å². The topological polar surface area (TPSA) is 36.1 Å². The summed E-state index contributed by atoms with van der Waals surface area (Å²) in [5.74, 6) is 0. The Morgan fingerprint density at radius 3 is 1.60 bits per heavy atom. The molecule has 0 amide bonds. The third kappa shape index (κ3) is 3.76.